The van der Waals surface area contributed by atoms with Crippen molar-refractivity contribution in [1.29, 1.82) is 0 Å². The monoisotopic (exact) mass is 336 g/mol. The Balaban J connectivity index is 1.74. The summed E-state index contributed by atoms with van der Waals surface area (Å²) in [7, 11) is 0. The van der Waals surface area contributed by atoms with Crippen molar-refractivity contribution < 1.29 is 0 Å². The molecule has 2 nitrogen and oxygen atoms in total. The van der Waals surface area contributed by atoms with Gasteiger partial charge in [-0.3, -0.25) is 4.90 Å². The molecule has 122 valence electrons. The maximum absolute atomic E-state index is 6.11. The average molecular weight is 337 g/mol. The summed E-state index contributed by atoms with van der Waals surface area (Å²) >= 11 is 6.11. The van der Waals surface area contributed by atoms with E-state index < -0.39 is 0 Å². The van der Waals surface area contributed by atoms with Crippen LogP contribution >= 0.6 is 11.6 Å². The lowest BCUT2D eigenvalue weighted by Gasteiger charge is -2.30. The highest BCUT2D eigenvalue weighted by molar-refractivity contribution is 6.30. The van der Waals surface area contributed by atoms with Crippen LogP contribution in [-0.4, -0.2) is 16.0 Å². The van der Waals surface area contributed by atoms with Crippen molar-refractivity contribution in [2.75, 3.05) is 6.54 Å². The smallest absolute Gasteiger partial charge is 0.0759 e. The topological polar surface area (TPSA) is 8.17 Å². The summed E-state index contributed by atoms with van der Waals surface area (Å²) in [4.78, 5) is 2.58. The molecule has 0 bridgehead atoms. The molecule has 0 amide bonds. The van der Waals surface area contributed by atoms with Gasteiger partial charge < -0.3 is 4.57 Å². The van der Waals surface area contributed by atoms with Gasteiger partial charge >= 0.3 is 0 Å². The summed E-state index contributed by atoms with van der Waals surface area (Å²) in [6.07, 6.45) is 3.36. The van der Waals surface area contributed by atoms with Crippen molar-refractivity contribution in [1.82, 2.24) is 9.47 Å². The Labute approximate surface area is 148 Å². The van der Waals surface area contributed by atoms with Gasteiger partial charge in [0.1, 0.15) is 0 Å². The third-order valence-electron chi connectivity index (χ3n) is 4.77. The summed E-state index contributed by atoms with van der Waals surface area (Å²) in [5.41, 5.74) is 4.03. The number of benzene rings is 2. The van der Waals surface area contributed by atoms with E-state index >= 15 is 0 Å². The van der Waals surface area contributed by atoms with Crippen LogP contribution in [0.4, 0.5) is 0 Å². The zero-order chi connectivity index (χ0) is 16.4. The van der Waals surface area contributed by atoms with Crippen molar-refractivity contribution in [2.45, 2.75) is 25.6 Å². The molecule has 4 rings (SSSR count). The van der Waals surface area contributed by atoms with E-state index in [4.69, 9.17) is 11.6 Å². The molecule has 1 atom stereocenters. The highest BCUT2D eigenvalue weighted by Gasteiger charge is 2.27. The Hall–Kier alpha value is -2.03. The maximum Gasteiger partial charge on any atom is 0.0759 e. The Bertz CT molecular complexity index is 792. The minimum atomic E-state index is 0.264. The zero-order valence-corrected chi connectivity index (χ0v) is 14.4. The second kappa shape index (κ2) is 6.84. The normalized spacial score (nSPS) is 18.1. The molecule has 2 heterocycles. The molecule has 0 N–H and O–H groups in total. The number of halogens is 1. The highest BCUT2D eigenvalue weighted by Crippen LogP contribution is 2.33. The molecule has 24 heavy (non-hydrogen) atoms. The van der Waals surface area contributed by atoms with Gasteiger partial charge in [0.05, 0.1) is 6.04 Å². The third-order valence-corrected chi connectivity index (χ3v) is 5.02. The second-order valence-electron chi connectivity index (χ2n) is 6.39. The van der Waals surface area contributed by atoms with Crippen LogP contribution in [0.3, 0.4) is 0 Å². The fourth-order valence-corrected chi connectivity index (χ4v) is 3.78. The number of rotatable bonds is 3. The molecule has 1 aliphatic heterocycles. The Morgan fingerprint density at radius 3 is 2.46 bits per heavy atom. The predicted octanol–water partition coefficient (Wildman–Crippen LogP) is 5.14. The minimum Gasteiger partial charge on any atom is -0.350 e. The van der Waals surface area contributed by atoms with Crippen LogP contribution in [0.15, 0.2) is 72.9 Å². The van der Waals surface area contributed by atoms with Crippen LogP contribution in [0.1, 0.15) is 29.3 Å². The highest BCUT2D eigenvalue weighted by atomic mass is 35.5. The van der Waals surface area contributed by atoms with Crippen LogP contribution < -0.4 is 0 Å². The number of nitrogens with zero attached hydrogens (tertiary/aromatic N) is 2. The third kappa shape index (κ3) is 3.12. The van der Waals surface area contributed by atoms with Gasteiger partial charge in [0.2, 0.25) is 0 Å². The molecular weight excluding hydrogens is 316 g/mol. The van der Waals surface area contributed by atoms with Crippen LogP contribution in [0, 0.1) is 0 Å². The zero-order valence-electron chi connectivity index (χ0n) is 13.6. The largest absolute Gasteiger partial charge is 0.350 e. The molecule has 1 aromatic heterocycles. The minimum absolute atomic E-state index is 0.264. The lowest BCUT2D eigenvalue weighted by molar-refractivity contribution is 0.220. The van der Waals surface area contributed by atoms with Gasteiger partial charge in [0, 0.05) is 36.5 Å². The number of aryl methyl sites for hydroxylation is 1. The summed E-state index contributed by atoms with van der Waals surface area (Å²) in [5.74, 6) is 0. The number of fused-ring (bicyclic) bond motifs is 1. The maximum atomic E-state index is 6.11. The molecule has 3 aromatic rings. The first-order valence-electron chi connectivity index (χ1n) is 8.50. The first-order chi connectivity index (χ1) is 11.8. The van der Waals surface area contributed by atoms with E-state index in [1.807, 2.05) is 12.1 Å². The van der Waals surface area contributed by atoms with E-state index in [9.17, 15) is 0 Å². The van der Waals surface area contributed by atoms with Gasteiger partial charge in [0.25, 0.3) is 0 Å². The van der Waals surface area contributed by atoms with E-state index in [0.717, 1.165) is 24.7 Å². The van der Waals surface area contributed by atoms with Crippen LogP contribution in [0.5, 0.6) is 0 Å². The van der Waals surface area contributed by atoms with Crippen molar-refractivity contribution in [3.05, 3.63) is 94.8 Å². The average Bonchev–Trinajstić information content (AvgIpc) is 2.99. The van der Waals surface area contributed by atoms with Crippen molar-refractivity contribution in [3.63, 3.8) is 0 Å². The lowest BCUT2D eigenvalue weighted by Crippen LogP contribution is -2.29. The quantitative estimate of drug-likeness (QED) is 0.643. The molecule has 0 fully saturated rings. The predicted molar refractivity (Wildman–Crippen MR) is 99.2 cm³/mol. The fourth-order valence-electron chi connectivity index (χ4n) is 3.65. The van der Waals surface area contributed by atoms with E-state index in [1.165, 1.54) is 23.2 Å². The van der Waals surface area contributed by atoms with E-state index in [0.29, 0.717) is 0 Å². The lowest BCUT2D eigenvalue weighted by atomic mass is 10.0. The Morgan fingerprint density at radius 1 is 0.875 bits per heavy atom. The van der Waals surface area contributed by atoms with E-state index in [2.05, 4.69) is 70.3 Å². The van der Waals surface area contributed by atoms with Gasteiger partial charge in [0.15, 0.2) is 0 Å². The summed E-state index contributed by atoms with van der Waals surface area (Å²) in [5, 5.41) is 0.789. The number of aromatic nitrogens is 1. The van der Waals surface area contributed by atoms with Gasteiger partial charge in [-0.25, -0.2) is 0 Å². The molecule has 0 radical (unpaired) electrons. The molecule has 3 heteroatoms. The molecule has 1 unspecified atom stereocenters. The van der Waals surface area contributed by atoms with Crippen LogP contribution in [0.2, 0.25) is 5.02 Å². The summed E-state index contributed by atoms with van der Waals surface area (Å²) < 4.78 is 2.39. The fraction of sp³-hybridized carbons (Fsp3) is 0.238. The molecule has 0 spiro atoms. The second-order valence-corrected chi connectivity index (χ2v) is 6.83. The SMILES string of the molecule is Clc1ccc(C2c3cccn3CCCN2Cc2ccccc2)cc1. The standard InChI is InChI=1S/C21H21ClN2/c22-19-11-9-18(10-12-19)21-20-8-4-13-23(20)14-5-15-24(21)16-17-6-2-1-3-7-17/h1-4,6-13,21H,5,14-16H2. The van der Waals surface area contributed by atoms with E-state index in [1.54, 1.807) is 0 Å². The summed E-state index contributed by atoms with van der Waals surface area (Å²) in [6.45, 7) is 3.13. The molecule has 0 saturated heterocycles. The molecule has 1 aliphatic rings. The Kier molecular flexibility index (Phi) is 4.42. The molecule has 0 saturated carbocycles. The Morgan fingerprint density at radius 2 is 1.67 bits per heavy atom. The van der Waals surface area contributed by atoms with Gasteiger partial charge in [-0.15, -0.1) is 0 Å². The van der Waals surface area contributed by atoms with E-state index in [-0.39, 0.29) is 6.04 Å². The van der Waals surface area contributed by atoms with Crippen molar-refractivity contribution in [3.8, 4) is 0 Å². The number of hydrogen-bond acceptors (Lipinski definition) is 1. The van der Waals surface area contributed by atoms with Gasteiger partial charge in [-0.05, 0) is 41.8 Å². The van der Waals surface area contributed by atoms with Gasteiger partial charge in [-0.1, -0.05) is 54.1 Å². The summed E-state index contributed by atoms with van der Waals surface area (Å²) in [6, 6.07) is 23.7. The van der Waals surface area contributed by atoms with Crippen molar-refractivity contribution in [2.24, 2.45) is 0 Å². The van der Waals surface area contributed by atoms with Crippen LogP contribution in [0.25, 0.3) is 0 Å². The first-order valence-corrected chi connectivity index (χ1v) is 8.87. The van der Waals surface area contributed by atoms with Crippen LogP contribution in [-0.2, 0) is 13.1 Å². The molecule has 2 aromatic carbocycles. The van der Waals surface area contributed by atoms with Gasteiger partial charge in [-0.2, -0.15) is 0 Å². The molecular formula is C21H21ClN2. The number of hydrogen-bond donors (Lipinski definition) is 0. The molecule has 0 aliphatic carbocycles. The first kappa shape index (κ1) is 15.5. The van der Waals surface area contributed by atoms with Crippen molar-refractivity contribution >= 4 is 11.6 Å².